The van der Waals surface area contributed by atoms with Crippen molar-refractivity contribution < 1.29 is 0 Å². The topological polar surface area (TPSA) is 96.3 Å². The number of benzene rings is 1. The average Bonchev–Trinajstić information content (AvgIpc) is 2.47. The first-order valence-corrected chi connectivity index (χ1v) is 5.83. The molecule has 0 aliphatic carbocycles. The van der Waals surface area contributed by atoms with E-state index in [4.69, 9.17) is 27.4 Å². The molecule has 0 unspecified atom stereocenters. The van der Waals surface area contributed by atoms with Crippen LogP contribution < -0.4 is 5.32 Å². The molecule has 2 rings (SSSR count). The smallest absolute Gasteiger partial charge is 0.163 e. The molecule has 1 aromatic heterocycles. The third-order valence-electron chi connectivity index (χ3n) is 2.51. The summed E-state index contributed by atoms with van der Waals surface area (Å²) >= 11 is 6.10. The van der Waals surface area contributed by atoms with Crippen molar-refractivity contribution >= 4 is 28.2 Å². The molecule has 0 saturated heterocycles. The summed E-state index contributed by atoms with van der Waals surface area (Å²) in [6, 6.07) is 12.0. The molecule has 1 aromatic carbocycles. The predicted molar refractivity (Wildman–Crippen MR) is 74.2 cm³/mol. The lowest BCUT2D eigenvalue weighted by atomic mass is 10.2. The van der Waals surface area contributed by atoms with Crippen LogP contribution in [0.15, 0.2) is 41.7 Å². The van der Waals surface area contributed by atoms with Gasteiger partial charge in [0, 0.05) is 17.3 Å². The van der Waals surface area contributed by atoms with E-state index in [2.05, 4.69) is 10.3 Å². The number of hydrogen-bond acceptors (Lipinski definition) is 5. The van der Waals surface area contributed by atoms with Crippen molar-refractivity contribution in [3.63, 3.8) is 0 Å². The fourth-order valence-corrected chi connectivity index (χ4v) is 1.92. The molecule has 0 saturated carbocycles. The maximum absolute atomic E-state index is 8.98. The zero-order chi connectivity index (χ0) is 14.5. The normalized spacial score (nSPS) is 9.10. The van der Waals surface area contributed by atoms with Gasteiger partial charge in [-0.25, -0.2) is 0 Å². The zero-order valence-electron chi connectivity index (χ0n) is 10.1. The first kappa shape index (κ1) is 13.4. The lowest BCUT2D eigenvalue weighted by Crippen LogP contribution is -2.00. The molecule has 0 amide bonds. The number of nitriles is 3. The van der Waals surface area contributed by atoms with Crippen LogP contribution in [-0.4, -0.2) is 4.98 Å². The van der Waals surface area contributed by atoms with Crippen LogP contribution in [0.5, 0.6) is 0 Å². The number of allylic oxidation sites excluding steroid dienone is 2. The van der Waals surface area contributed by atoms with Gasteiger partial charge in [0.2, 0.25) is 0 Å². The number of nitrogens with zero attached hydrogens (tertiary/aromatic N) is 4. The minimum atomic E-state index is -0.282. The van der Waals surface area contributed by atoms with Gasteiger partial charge in [-0.2, -0.15) is 15.8 Å². The van der Waals surface area contributed by atoms with Crippen molar-refractivity contribution in [3.8, 4) is 18.2 Å². The van der Waals surface area contributed by atoms with E-state index >= 15 is 0 Å². The third-order valence-corrected chi connectivity index (χ3v) is 2.80. The molecular weight excluding hydrogens is 274 g/mol. The molecule has 0 spiro atoms. The minimum absolute atomic E-state index is 0.116. The Morgan fingerprint density at radius 1 is 1.15 bits per heavy atom. The SMILES string of the molecule is N#CC(C#N)=C(C#N)Nc1cc(Cl)c2ncccc2c1. The molecule has 20 heavy (non-hydrogen) atoms. The number of pyridine rings is 1. The van der Waals surface area contributed by atoms with Crippen LogP contribution in [0.4, 0.5) is 5.69 Å². The van der Waals surface area contributed by atoms with Crippen LogP contribution in [0.3, 0.4) is 0 Å². The first-order chi connectivity index (χ1) is 9.69. The second kappa shape index (κ2) is 5.71. The summed E-state index contributed by atoms with van der Waals surface area (Å²) in [5.41, 5.74) is 0.752. The maximum atomic E-state index is 8.98. The summed E-state index contributed by atoms with van der Waals surface area (Å²) in [4.78, 5) is 4.15. The number of aromatic nitrogens is 1. The van der Waals surface area contributed by atoms with Crippen molar-refractivity contribution in [3.05, 3.63) is 46.8 Å². The van der Waals surface area contributed by atoms with Gasteiger partial charge in [-0.15, -0.1) is 0 Å². The van der Waals surface area contributed by atoms with Crippen molar-refractivity contribution in [1.82, 2.24) is 4.98 Å². The summed E-state index contributed by atoms with van der Waals surface area (Å²) in [6.45, 7) is 0. The second-order valence-electron chi connectivity index (χ2n) is 3.74. The number of halogens is 1. The monoisotopic (exact) mass is 279 g/mol. The van der Waals surface area contributed by atoms with E-state index in [1.54, 1.807) is 42.6 Å². The Morgan fingerprint density at radius 2 is 1.90 bits per heavy atom. The highest BCUT2D eigenvalue weighted by molar-refractivity contribution is 6.35. The Balaban J connectivity index is 2.51. The van der Waals surface area contributed by atoms with Crippen molar-refractivity contribution in [2.75, 3.05) is 5.32 Å². The van der Waals surface area contributed by atoms with Crippen molar-refractivity contribution in [2.24, 2.45) is 0 Å². The molecule has 5 nitrogen and oxygen atoms in total. The van der Waals surface area contributed by atoms with E-state index in [1.807, 2.05) is 6.07 Å². The van der Waals surface area contributed by atoms with Crippen molar-refractivity contribution in [1.29, 1.82) is 15.8 Å². The third kappa shape index (κ3) is 2.52. The summed E-state index contributed by atoms with van der Waals surface area (Å²) in [5.74, 6) is 0. The quantitative estimate of drug-likeness (QED) is 0.852. The molecule has 0 atom stereocenters. The molecule has 0 radical (unpaired) electrons. The molecule has 94 valence electrons. The largest absolute Gasteiger partial charge is 0.345 e. The highest BCUT2D eigenvalue weighted by Gasteiger charge is 2.08. The van der Waals surface area contributed by atoms with Gasteiger partial charge in [-0.3, -0.25) is 4.98 Å². The van der Waals surface area contributed by atoms with Gasteiger partial charge >= 0.3 is 0 Å². The van der Waals surface area contributed by atoms with E-state index < -0.39 is 0 Å². The standard InChI is InChI=1S/C14H6ClN5/c15-12-5-11(4-9-2-1-3-19-14(9)12)20-13(8-18)10(6-16)7-17/h1-5,20H. The number of anilines is 1. The van der Waals surface area contributed by atoms with E-state index in [1.165, 1.54) is 0 Å². The summed E-state index contributed by atoms with van der Waals surface area (Å²) in [6.07, 6.45) is 1.63. The lowest BCUT2D eigenvalue weighted by Gasteiger charge is -2.07. The number of fused-ring (bicyclic) bond motifs is 1. The molecule has 1 heterocycles. The van der Waals surface area contributed by atoms with Gasteiger partial charge < -0.3 is 5.32 Å². The van der Waals surface area contributed by atoms with Crippen molar-refractivity contribution in [2.45, 2.75) is 0 Å². The maximum Gasteiger partial charge on any atom is 0.163 e. The fraction of sp³-hybridized carbons (Fsp3) is 0. The Hall–Kier alpha value is -3.07. The van der Waals surface area contributed by atoms with Crippen LogP contribution >= 0.6 is 11.6 Å². The van der Waals surface area contributed by atoms with Gasteiger partial charge in [0.05, 0.1) is 10.5 Å². The van der Waals surface area contributed by atoms with Crippen LogP contribution in [0.2, 0.25) is 5.02 Å². The predicted octanol–water partition coefficient (Wildman–Crippen LogP) is 3.12. The molecule has 0 aliphatic heterocycles. The average molecular weight is 280 g/mol. The van der Waals surface area contributed by atoms with E-state index in [9.17, 15) is 0 Å². The molecule has 2 aromatic rings. The van der Waals surface area contributed by atoms with Gasteiger partial charge in [-0.1, -0.05) is 17.7 Å². The van der Waals surface area contributed by atoms with Gasteiger partial charge in [0.25, 0.3) is 0 Å². The van der Waals surface area contributed by atoms with E-state index in [-0.39, 0.29) is 11.3 Å². The lowest BCUT2D eigenvalue weighted by molar-refractivity contribution is 1.37. The molecular formula is C14H6ClN5. The minimum Gasteiger partial charge on any atom is -0.345 e. The van der Waals surface area contributed by atoms with E-state index in [0.29, 0.717) is 16.2 Å². The van der Waals surface area contributed by atoms with Gasteiger partial charge in [-0.05, 0) is 18.2 Å². The Labute approximate surface area is 119 Å². The van der Waals surface area contributed by atoms with Gasteiger partial charge in [0.1, 0.15) is 23.9 Å². The molecule has 1 N–H and O–H groups in total. The zero-order valence-corrected chi connectivity index (χ0v) is 10.8. The van der Waals surface area contributed by atoms with Crippen LogP contribution in [0, 0.1) is 34.0 Å². The van der Waals surface area contributed by atoms with Crippen LogP contribution in [0.25, 0.3) is 10.9 Å². The Bertz CT molecular complexity index is 817. The number of hydrogen-bond donors (Lipinski definition) is 1. The molecule has 6 heteroatoms. The van der Waals surface area contributed by atoms with Gasteiger partial charge in [0.15, 0.2) is 5.57 Å². The Kier molecular flexibility index (Phi) is 3.82. The highest BCUT2D eigenvalue weighted by Crippen LogP contribution is 2.27. The van der Waals surface area contributed by atoms with E-state index in [0.717, 1.165) is 5.39 Å². The molecule has 0 aliphatic rings. The van der Waals surface area contributed by atoms with Crippen LogP contribution in [-0.2, 0) is 0 Å². The molecule has 0 bridgehead atoms. The fourth-order valence-electron chi connectivity index (χ4n) is 1.65. The number of rotatable bonds is 2. The Morgan fingerprint density at radius 3 is 2.55 bits per heavy atom. The summed E-state index contributed by atoms with van der Waals surface area (Å²) in [5, 5.41) is 30.5. The summed E-state index contributed by atoms with van der Waals surface area (Å²) < 4.78 is 0. The summed E-state index contributed by atoms with van der Waals surface area (Å²) in [7, 11) is 0. The second-order valence-corrected chi connectivity index (χ2v) is 4.15. The number of nitrogens with one attached hydrogen (secondary N) is 1. The first-order valence-electron chi connectivity index (χ1n) is 5.45. The molecule has 0 fully saturated rings. The van der Waals surface area contributed by atoms with Crippen LogP contribution in [0.1, 0.15) is 0 Å². The highest BCUT2D eigenvalue weighted by atomic mass is 35.5.